The Hall–Kier alpha value is -2.80. The van der Waals surface area contributed by atoms with Crippen molar-refractivity contribution in [2.45, 2.75) is 0 Å². The molecular weight excluding hydrogens is 402 g/mol. The lowest BCUT2D eigenvalue weighted by molar-refractivity contribution is -0.111. The van der Waals surface area contributed by atoms with Gasteiger partial charge >= 0.3 is 5.97 Å². The van der Waals surface area contributed by atoms with Crippen LogP contribution in [0.4, 0.5) is 5.69 Å². The van der Waals surface area contributed by atoms with Gasteiger partial charge < -0.3 is 19.5 Å². The first-order chi connectivity index (χ1) is 12.5. The first-order valence-electron chi connectivity index (χ1n) is 7.57. The highest BCUT2D eigenvalue weighted by Gasteiger charge is 2.18. The van der Waals surface area contributed by atoms with Crippen LogP contribution in [0, 0.1) is 0 Å². The minimum absolute atomic E-state index is 0.161. The molecule has 7 heteroatoms. The lowest BCUT2D eigenvalue weighted by Crippen LogP contribution is -2.13. The number of carbonyl (C=O) groups is 2. The van der Waals surface area contributed by atoms with Gasteiger partial charge in [-0.3, -0.25) is 4.79 Å². The van der Waals surface area contributed by atoms with Gasteiger partial charge in [0.15, 0.2) is 11.5 Å². The van der Waals surface area contributed by atoms with Crippen LogP contribution in [0.1, 0.15) is 15.9 Å². The highest BCUT2D eigenvalue weighted by Crippen LogP contribution is 2.33. The molecule has 0 unspecified atom stereocenters. The molecule has 0 aliphatic carbocycles. The smallest absolute Gasteiger partial charge is 0.340 e. The van der Waals surface area contributed by atoms with E-state index in [9.17, 15) is 9.59 Å². The van der Waals surface area contributed by atoms with Crippen molar-refractivity contribution in [3.8, 4) is 11.5 Å². The summed E-state index contributed by atoms with van der Waals surface area (Å²) in [6, 6.07) is 10.5. The molecule has 0 saturated heterocycles. The van der Waals surface area contributed by atoms with E-state index in [1.165, 1.54) is 39.5 Å². The maximum Gasteiger partial charge on any atom is 0.340 e. The number of benzene rings is 2. The maximum absolute atomic E-state index is 12.3. The molecule has 26 heavy (non-hydrogen) atoms. The van der Waals surface area contributed by atoms with Crippen LogP contribution < -0.4 is 14.8 Å². The van der Waals surface area contributed by atoms with Crippen molar-refractivity contribution < 1.29 is 23.8 Å². The Bertz CT molecular complexity index is 848. The summed E-state index contributed by atoms with van der Waals surface area (Å²) < 4.78 is 16.1. The van der Waals surface area contributed by atoms with Crippen molar-refractivity contribution >= 4 is 39.6 Å². The SMILES string of the molecule is COC(=O)c1cc(OC)c(OC)cc1NC(=O)/C=C/c1cccc(Br)c1. The first kappa shape index (κ1) is 19.5. The Kier molecular flexibility index (Phi) is 6.80. The van der Waals surface area contributed by atoms with Gasteiger partial charge in [0.25, 0.3) is 0 Å². The van der Waals surface area contributed by atoms with Crippen molar-refractivity contribution in [2.75, 3.05) is 26.6 Å². The van der Waals surface area contributed by atoms with Crippen LogP contribution in [0.3, 0.4) is 0 Å². The molecule has 0 saturated carbocycles. The molecule has 0 atom stereocenters. The molecular formula is C19H18BrNO5. The number of hydrogen-bond donors (Lipinski definition) is 1. The van der Waals surface area contributed by atoms with E-state index >= 15 is 0 Å². The van der Waals surface area contributed by atoms with Crippen LogP contribution in [-0.2, 0) is 9.53 Å². The second-order valence-electron chi connectivity index (χ2n) is 5.12. The third-order valence-corrected chi connectivity index (χ3v) is 3.96. The highest BCUT2D eigenvalue weighted by molar-refractivity contribution is 9.10. The van der Waals surface area contributed by atoms with E-state index in [1.54, 1.807) is 6.08 Å². The Balaban J connectivity index is 2.28. The molecule has 0 aromatic heterocycles. The van der Waals surface area contributed by atoms with Gasteiger partial charge in [-0.15, -0.1) is 0 Å². The second-order valence-corrected chi connectivity index (χ2v) is 6.04. The third kappa shape index (κ3) is 4.86. The van der Waals surface area contributed by atoms with E-state index < -0.39 is 11.9 Å². The fraction of sp³-hybridized carbons (Fsp3) is 0.158. The number of methoxy groups -OCH3 is 3. The van der Waals surface area contributed by atoms with Crippen LogP contribution in [0.5, 0.6) is 11.5 Å². The van der Waals surface area contributed by atoms with Crippen molar-refractivity contribution in [2.24, 2.45) is 0 Å². The molecule has 2 aromatic rings. The Morgan fingerprint density at radius 2 is 1.73 bits per heavy atom. The number of nitrogens with one attached hydrogen (secondary N) is 1. The van der Waals surface area contributed by atoms with Gasteiger partial charge in [0.05, 0.1) is 32.6 Å². The molecule has 6 nitrogen and oxygen atoms in total. The summed E-state index contributed by atoms with van der Waals surface area (Å²) in [6.07, 6.45) is 3.04. The molecule has 0 heterocycles. The largest absolute Gasteiger partial charge is 0.493 e. The van der Waals surface area contributed by atoms with Gasteiger partial charge in [0.1, 0.15) is 0 Å². The summed E-state index contributed by atoms with van der Waals surface area (Å²) in [5, 5.41) is 2.66. The number of anilines is 1. The van der Waals surface area contributed by atoms with Gasteiger partial charge in [-0.25, -0.2) is 4.79 Å². The molecule has 0 aliphatic heterocycles. The summed E-state index contributed by atoms with van der Waals surface area (Å²) in [6.45, 7) is 0. The van der Waals surface area contributed by atoms with Crippen LogP contribution in [-0.4, -0.2) is 33.2 Å². The van der Waals surface area contributed by atoms with Crippen LogP contribution in [0.2, 0.25) is 0 Å². The van der Waals surface area contributed by atoms with Gasteiger partial charge in [-0.05, 0) is 23.8 Å². The average molecular weight is 420 g/mol. The second kappa shape index (κ2) is 9.05. The fourth-order valence-corrected chi connectivity index (χ4v) is 2.63. The Morgan fingerprint density at radius 1 is 1.04 bits per heavy atom. The lowest BCUT2D eigenvalue weighted by Gasteiger charge is -2.14. The number of amides is 1. The van der Waals surface area contributed by atoms with Crippen molar-refractivity contribution in [3.63, 3.8) is 0 Å². The van der Waals surface area contributed by atoms with E-state index in [2.05, 4.69) is 21.2 Å². The standard InChI is InChI=1S/C19H18BrNO5/c1-24-16-10-14(19(23)26-3)15(11-17(16)25-2)21-18(22)8-7-12-5-4-6-13(20)9-12/h4-11H,1-3H3,(H,21,22)/b8-7+. The highest BCUT2D eigenvalue weighted by atomic mass is 79.9. The molecule has 136 valence electrons. The van der Waals surface area contributed by atoms with E-state index in [1.807, 2.05) is 24.3 Å². The Labute approximate surface area is 159 Å². The van der Waals surface area contributed by atoms with Crippen LogP contribution in [0.25, 0.3) is 6.08 Å². The zero-order valence-corrected chi connectivity index (χ0v) is 16.1. The molecule has 1 N–H and O–H groups in total. The summed E-state index contributed by atoms with van der Waals surface area (Å²) in [5.74, 6) is -0.262. The van der Waals surface area contributed by atoms with Gasteiger partial charge in [0.2, 0.25) is 5.91 Å². The number of hydrogen-bond acceptors (Lipinski definition) is 5. The number of halogens is 1. The van der Waals surface area contributed by atoms with E-state index in [0.717, 1.165) is 10.0 Å². The molecule has 0 bridgehead atoms. The summed E-state index contributed by atoms with van der Waals surface area (Å²) in [4.78, 5) is 24.3. The fourth-order valence-electron chi connectivity index (χ4n) is 2.22. The average Bonchev–Trinajstić information content (AvgIpc) is 2.65. The summed E-state index contributed by atoms with van der Waals surface area (Å²) in [7, 11) is 4.18. The van der Waals surface area contributed by atoms with Gasteiger partial charge in [0, 0.05) is 22.7 Å². The number of esters is 1. The normalized spacial score (nSPS) is 10.5. The minimum atomic E-state index is -0.600. The predicted molar refractivity (Wildman–Crippen MR) is 103 cm³/mol. The molecule has 0 spiro atoms. The predicted octanol–water partition coefficient (Wildman–Crippen LogP) is 3.90. The van der Waals surface area contributed by atoms with Gasteiger partial charge in [-0.1, -0.05) is 28.1 Å². The molecule has 0 fully saturated rings. The maximum atomic E-state index is 12.3. The monoisotopic (exact) mass is 419 g/mol. The first-order valence-corrected chi connectivity index (χ1v) is 8.36. The Morgan fingerprint density at radius 3 is 2.35 bits per heavy atom. The zero-order valence-electron chi connectivity index (χ0n) is 14.5. The topological polar surface area (TPSA) is 73.9 Å². The summed E-state index contributed by atoms with van der Waals surface area (Å²) >= 11 is 3.37. The summed E-state index contributed by atoms with van der Waals surface area (Å²) in [5.41, 5.74) is 1.28. The molecule has 2 aromatic carbocycles. The number of carbonyl (C=O) groups excluding carboxylic acids is 2. The quantitative estimate of drug-likeness (QED) is 0.567. The van der Waals surface area contributed by atoms with E-state index in [-0.39, 0.29) is 11.3 Å². The van der Waals surface area contributed by atoms with E-state index in [0.29, 0.717) is 11.5 Å². The molecule has 0 radical (unpaired) electrons. The van der Waals surface area contributed by atoms with Crippen molar-refractivity contribution in [1.29, 1.82) is 0 Å². The molecule has 2 rings (SSSR count). The molecule has 1 amide bonds. The van der Waals surface area contributed by atoms with Crippen LogP contribution >= 0.6 is 15.9 Å². The lowest BCUT2D eigenvalue weighted by atomic mass is 10.1. The van der Waals surface area contributed by atoms with E-state index in [4.69, 9.17) is 14.2 Å². The zero-order chi connectivity index (χ0) is 19.1. The van der Waals surface area contributed by atoms with Gasteiger partial charge in [-0.2, -0.15) is 0 Å². The third-order valence-electron chi connectivity index (χ3n) is 3.46. The minimum Gasteiger partial charge on any atom is -0.493 e. The van der Waals surface area contributed by atoms with Crippen molar-refractivity contribution in [1.82, 2.24) is 0 Å². The number of ether oxygens (including phenoxy) is 3. The molecule has 0 aliphatic rings. The van der Waals surface area contributed by atoms with Crippen molar-refractivity contribution in [3.05, 3.63) is 58.1 Å². The van der Waals surface area contributed by atoms with Crippen LogP contribution in [0.15, 0.2) is 46.9 Å². The number of rotatable bonds is 6.